The van der Waals surface area contributed by atoms with Crippen LogP contribution in [0.5, 0.6) is 0 Å². The molecule has 1 aliphatic heterocycles. The molecule has 1 saturated heterocycles. The molecule has 0 amide bonds. The van der Waals surface area contributed by atoms with Crippen LogP contribution in [0.15, 0.2) is 18.2 Å². The number of benzene rings is 1. The molecule has 2 atom stereocenters. The van der Waals surface area contributed by atoms with Crippen molar-refractivity contribution in [3.63, 3.8) is 0 Å². The fraction of sp³-hybridized carbons (Fsp3) is 0.500. The Balaban J connectivity index is 2.16. The fourth-order valence-corrected chi connectivity index (χ4v) is 2.30. The average Bonchev–Trinajstić information content (AvgIpc) is 2.94. The van der Waals surface area contributed by atoms with Crippen LogP contribution in [-0.2, 0) is 9.47 Å². The summed E-state index contributed by atoms with van der Waals surface area (Å²) in [7, 11) is 1.36. The summed E-state index contributed by atoms with van der Waals surface area (Å²) in [6.45, 7) is 2.86. The molecule has 0 aliphatic carbocycles. The second-order valence-electron chi connectivity index (χ2n) is 4.78. The van der Waals surface area contributed by atoms with Crippen molar-refractivity contribution in [3.8, 4) is 0 Å². The van der Waals surface area contributed by atoms with Crippen molar-refractivity contribution >= 4 is 17.3 Å². The maximum absolute atomic E-state index is 11.7. The minimum absolute atomic E-state index is 0.134. The van der Waals surface area contributed by atoms with Gasteiger partial charge in [0.05, 0.1) is 18.8 Å². The lowest BCUT2D eigenvalue weighted by Gasteiger charge is -2.22. The highest BCUT2D eigenvalue weighted by molar-refractivity contribution is 5.96. The normalized spacial score (nSPS) is 20.0. The molecule has 5 nitrogen and oxygen atoms in total. The summed E-state index contributed by atoms with van der Waals surface area (Å²) in [5, 5.41) is 3.31. The number of nitrogens with one attached hydrogen (secondary N) is 1. The number of hydrogen-bond donors (Lipinski definition) is 2. The van der Waals surface area contributed by atoms with Gasteiger partial charge in [0.1, 0.15) is 0 Å². The summed E-state index contributed by atoms with van der Waals surface area (Å²) >= 11 is 0. The van der Waals surface area contributed by atoms with Gasteiger partial charge in [-0.15, -0.1) is 0 Å². The number of rotatable bonds is 4. The van der Waals surface area contributed by atoms with Crippen LogP contribution in [0.25, 0.3) is 0 Å². The molecule has 0 spiro atoms. The highest BCUT2D eigenvalue weighted by Crippen LogP contribution is 2.24. The van der Waals surface area contributed by atoms with E-state index in [9.17, 15) is 4.79 Å². The van der Waals surface area contributed by atoms with Crippen molar-refractivity contribution in [2.24, 2.45) is 0 Å². The Bertz CT molecular complexity index is 456. The Kier molecular flexibility index (Phi) is 4.27. The summed E-state index contributed by atoms with van der Waals surface area (Å²) in [5.74, 6) is -0.394. The molecule has 1 heterocycles. The van der Waals surface area contributed by atoms with Gasteiger partial charge in [0.2, 0.25) is 0 Å². The number of esters is 1. The molecule has 0 bridgehead atoms. The number of carbonyl (C=O) groups is 1. The Morgan fingerprint density at radius 3 is 3.00 bits per heavy atom. The Labute approximate surface area is 113 Å². The van der Waals surface area contributed by atoms with Crippen molar-refractivity contribution < 1.29 is 14.3 Å². The number of nitrogen functional groups attached to an aromatic ring is 1. The third kappa shape index (κ3) is 3.17. The van der Waals surface area contributed by atoms with E-state index in [2.05, 4.69) is 5.32 Å². The summed E-state index contributed by atoms with van der Waals surface area (Å²) < 4.78 is 10.4. The van der Waals surface area contributed by atoms with E-state index in [-0.39, 0.29) is 12.1 Å². The predicted octanol–water partition coefficient (Wildman–Crippen LogP) is 2.03. The molecule has 5 heteroatoms. The van der Waals surface area contributed by atoms with Gasteiger partial charge in [0.15, 0.2) is 0 Å². The second-order valence-corrected chi connectivity index (χ2v) is 4.78. The molecule has 19 heavy (non-hydrogen) atoms. The van der Waals surface area contributed by atoms with Gasteiger partial charge < -0.3 is 20.5 Å². The molecule has 0 aromatic heterocycles. The lowest BCUT2D eigenvalue weighted by Crippen LogP contribution is -2.30. The summed E-state index contributed by atoms with van der Waals surface area (Å²) in [5.41, 5.74) is 7.43. The zero-order valence-electron chi connectivity index (χ0n) is 11.3. The largest absolute Gasteiger partial charge is 0.465 e. The first-order chi connectivity index (χ1) is 9.11. The number of carbonyl (C=O) groups excluding carboxylic acids is 1. The first-order valence-corrected chi connectivity index (χ1v) is 6.48. The molecule has 2 unspecified atom stereocenters. The van der Waals surface area contributed by atoms with Crippen LogP contribution in [0, 0.1) is 0 Å². The quantitative estimate of drug-likeness (QED) is 0.643. The number of ether oxygens (including phenoxy) is 2. The van der Waals surface area contributed by atoms with E-state index in [4.69, 9.17) is 15.2 Å². The van der Waals surface area contributed by atoms with Gasteiger partial charge in [-0.25, -0.2) is 4.79 Å². The van der Waals surface area contributed by atoms with E-state index in [1.54, 1.807) is 18.2 Å². The molecule has 1 aliphatic rings. The van der Waals surface area contributed by atoms with E-state index in [0.29, 0.717) is 11.3 Å². The molecular weight excluding hydrogens is 244 g/mol. The van der Waals surface area contributed by atoms with Crippen LogP contribution in [0.1, 0.15) is 30.1 Å². The van der Waals surface area contributed by atoms with E-state index in [1.807, 2.05) is 6.92 Å². The zero-order chi connectivity index (χ0) is 13.8. The van der Waals surface area contributed by atoms with Crippen LogP contribution in [0.2, 0.25) is 0 Å². The van der Waals surface area contributed by atoms with Gasteiger partial charge in [-0.3, -0.25) is 0 Å². The molecule has 0 radical (unpaired) electrons. The van der Waals surface area contributed by atoms with Gasteiger partial charge in [-0.05, 0) is 38.0 Å². The van der Waals surface area contributed by atoms with Gasteiger partial charge in [0, 0.05) is 24.0 Å². The molecule has 0 saturated carbocycles. The van der Waals surface area contributed by atoms with Crippen LogP contribution in [0.4, 0.5) is 11.4 Å². The van der Waals surface area contributed by atoms with Crippen molar-refractivity contribution in [2.75, 3.05) is 24.8 Å². The van der Waals surface area contributed by atoms with Gasteiger partial charge in [-0.2, -0.15) is 0 Å². The molecule has 104 valence electrons. The first kappa shape index (κ1) is 13.7. The van der Waals surface area contributed by atoms with Gasteiger partial charge >= 0.3 is 5.97 Å². The van der Waals surface area contributed by atoms with Gasteiger partial charge in [0.25, 0.3) is 0 Å². The van der Waals surface area contributed by atoms with Crippen molar-refractivity contribution in [3.05, 3.63) is 23.8 Å². The SMILES string of the molecule is COC(=O)c1cc(N)ccc1NC(C)C1CCCO1. The number of hydrogen-bond acceptors (Lipinski definition) is 5. The smallest absolute Gasteiger partial charge is 0.340 e. The highest BCUT2D eigenvalue weighted by Gasteiger charge is 2.23. The van der Waals surface area contributed by atoms with Crippen molar-refractivity contribution in [2.45, 2.75) is 31.9 Å². The topological polar surface area (TPSA) is 73.6 Å². The minimum Gasteiger partial charge on any atom is -0.465 e. The van der Waals surface area contributed by atoms with E-state index >= 15 is 0 Å². The van der Waals surface area contributed by atoms with Crippen LogP contribution >= 0.6 is 0 Å². The van der Waals surface area contributed by atoms with Crippen molar-refractivity contribution in [1.29, 1.82) is 0 Å². The molecule has 1 aromatic rings. The number of methoxy groups -OCH3 is 1. The van der Waals surface area contributed by atoms with Crippen LogP contribution in [0.3, 0.4) is 0 Å². The lowest BCUT2D eigenvalue weighted by molar-refractivity contribution is 0.0601. The van der Waals surface area contributed by atoms with Crippen LogP contribution in [-0.4, -0.2) is 31.8 Å². The van der Waals surface area contributed by atoms with Crippen LogP contribution < -0.4 is 11.1 Å². The highest BCUT2D eigenvalue weighted by atomic mass is 16.5. The molecular formula is C14H20N2O3. The van der Waals surface area contributed by atoms with E-state index in [0.717, 1.165) is 25.1 Å². The van der Waals surface area contributed by atoms with E-state index in [1.165, 1.54) is 7.11 Å². The first-order valence-electron chi connectivity index (χ1n) is 6.48. The molecule has 3 N–H and O–H groups in total. The lowest BCUT2D eigenvalue weighted by atomic mass is 10.1. The fourth-order valence-electron chi connectivity index (χ4n) is 2.30. The monoisotopic (exact) mass is 264 g/mol. The molecule has 1 aromatic carbocycles. The summed E-state index contributed by atoms with van der Waals surface area (Å²) in [6, 6.07) is 5.31. The third-order valence-corrected chi connectivity index (χ3v) is 3.35. The second kappa shape index (κ2) is 5.93. The standard InChI is InChI=1S/C14H20N2O3/c1-9(13-4-3-7-19-13)16-12-6-5-10(15)8-11(12)14(17)18-2/h5-6,8-9,13,16H,3-4,7,15H2,1-2H3. The Hall–Kier alpha value is -1.75. The maximum atomic E-state index is 11.7. The maximum Gasteiger partial charge on any atom is 0.340 e. The van der Waals surface area contributed by atoms with Gasteiger partial charge in [-0.1, -0.05) is 0 Å². The van der Waals surface area contributed by atoms with E-state index < -0.39 is 5.97 Å². The average molecular weight is 264 g/mol. The Morgan fingerprint density at radius 1 is 1.58 bits per heavy atom. The summed E-state index contributed by atoms with van der Waals surface area (Å²) in [6.07, 6.45) is 2.31. The Morgan fingerprint density at radius 2 is 2.37 bits per heavy atom. The molecule has 1 fully saturated rings. The molecule has 2 rings (SSSR count). The minimum atomic E-state index is -0.394. The third-order valence-electron chi connectivity index (χ3n) is 3.35. The predicted molar refractivity (Wildman–Crippen MR) is 74.3 cm³/mol. The number of anilines is 2. The zero-order valence-corrected chi connectivity index (χ0v) is 11.3. The number of nitrogens with two attached hydrogens (primary N) is 1. The van der Waals surface area contributed by atoms with Crippen molar-refractivity contribution in [1.82, 2.24) is 0 Å². The summed E-state index contributed by atoms with van der Waals surface area (Å²) in [4.78, 5) is 11.7.